The SMILES string of the molecule is CC(C)CCS(=O)(=O)Nc1cccc2c1NCCC2. The molecule has 0 bridgehead atoms. The van der Waals surface area contributed by atoms with Crippen LogP contribution in [0, 0.1) is 5.92 Å². The van der Waals surface area contributed by atoms with Crippen molar-refractivity contribution < 1.29 is 8.42 Å². The van der Waals surface area contributed by atoms with Gasteiger partial charge in [-0.25, -0.2) is 8.42 Å². The van der Waals surface area contributed by atoms with Gasteiger partial charge < -0.3 is 5.32 Å². The molecule has 1 aromatic rings. The van der Waals surface area contributed by atoms with Gasteiger partial charge in [-0.3, -0.25) is 4.72 Å². The van der Waals surface area contributed by atoms with E-state index in [-0.39, 0.29) is 5.75 Å². The number of hydrogen-bond donors (Lipinski definition) is 2. The number of sulfonamides is 1. The smallest absolute Gasteiger partial charge is 0.232 e. The molecule has 0 radical (unpaired) electrons. The molecule has 5 heteroatoms. The van der Waals surface area contributed by atoms with Crippen molar-refractivity contribution in [2.75, 3.05) is 22.3 Å². The molecular formula is C14H22N2O2S. The number of rotatable bonds is 5. The van der Waals surface area contributed by atoms with Crippen LogP contribution in [0.4, 0.5) is 11.4 Å². The van der Waals surface area contributed by atoms with Gasteiger partial charge in [0, 0.05) is 6.54 Å². The first kappa shape index (κ1) is 14.2. The number of aryl methyl sites for hydroxylation is 1. The van der Waals surface area contributed by atoms with Gasteiger partial charge in [0.15, 0.2) is 0 Å². The fraction of sp³-hybridized carbons (Fsp3) is 0.571. The second kappa shape index (κ2) is 5.82. The Morgan fingerprint density at radius 1 is 1.37 bits per heavy atom. The quantitative estimate of drug-likeness (QED) is 0.873. The van der Waals surface area contributed by atoms with E-state index in [1.54, 1.807) is 0 Å². The molecule has 0 spiro atoms. The molecule has 0 saturated carbocycles. The molecular weight excluding hydrogens is 260 g/mol. The molecule has 0 aromatic heterocycles. The average Bonchev–Trinajstić information content (AvgIpc) is 2.37. The zero-order valence-electron chi connectivity index (χ0n) is 11.6. The van der Waals surface area contributed by atoms with E-state index in [2.05, 4.69) is 10.0 Å². The molecule has 1 aliphatic heterocycles. The summed E-state index contributed by atoms with van der Waals surface area (Å²) >= 11 is 0. The van der Waals surface area contributed by atoms with Gasteiger partial charge >= 0.3 is 0 Å². The van der Waals surface area contributed by atoms with Crippen LogP contribution in [-0.4, -0.2) is 20.7 Å². The molecule has 19 heavy (non-hydrogen) atoms. The minimum absolute atomic E-state index is 0.175. The summed E-state index contributed by atoms with van der Waals surface area (Å²) in [5, 5.41) is 3.29. The second-order valence-corrected chi connectivity index (χ2v) is 7.32. The predicted octanol–water partition coefficient (Wildman–Crippen LogP) is 2.83. The third-order valence-electron chi connectivity index (χ3n) is 3.30. The van der Waals surface area contributed by atoms with Gasteiger partial charge in [-0.05, 0) is 36.8 Å². The molecule has 106 valence electrons. The van der Waals surface area contributed by atoms with Crippen molar-refractivity contribution in [1.82, 2.24) is 0 Å². The molecule has 0 atom stereocenters. The minimum atomic E-state index is -3.25. The third-order valence-corrected chi connectivity index (χ3v) is 4.61. The molecule has 2 N–H and O–H groups in total. The molecule has 0 fully saturated rings. The lowest BCUT2D eigenvalue weighted by molar-refractivity contribution is 0.578. The summed E-state index contributed by atoms with van der Waals surface area (Å²) in [6.45, 7) is 4.96. The summed E-state index contributed by atoms with van der Waals surface area (Å²) in [6, 6.07) is 5.78. The third kappa shape index (κ3) is 3.86. The zero-order chi connectivity index (χ0) is 13.9. The number of hydrogen-bond acceptors (Lipinski definition) is 3. The van der Waals surface area contributed by atoms with Gasteiger partial charge in [-0.1, -0.05) is 26.0 Å². The van der Waals surface area contributed by atoms with Crippen LogP contribution in [0.2, 0.25) is 0 Å². The van der Waals surface area contributed by atoms with Crippen LogP contribution in [0.3, 0.4) is 0 Å². The van der Waals surface area contributed by atoms with Crippen molar-refractivity contribution in [1.29, 1.82) is 0 Å². The summed E-state index contributed by atoms with van der Waals surface area (Å²) in [5.74, 6) is 0.563. The van der Waals surface area contributed by atoms with Gasteiger partial charge in [0.2, 0.25) is 10.0 Å². The van der Waals surface area contributed by atoms with Gasteiger partial charge in [-0.2, -0.15) is 0 Å². The Morgan fingerprint density at radius 3 is 2.89 bits per heavy atom. The summed E-state index contributed by atoms with van der Waals surface area (Å²) in [7, 11) is -3.25. The lowest BCUT2D eigenvalue weighted by Gasteiger charge is -2.21. The lowest BCUT2D eigenvalue weighted by Crippen LogP contribution is -2.20. The lowest BCUT2D eigenvalue weighted by atomic mass is 10.0. The van der Waals surface area contributed by atoms with Crippen LogP contribution in [0.1, 0.15) is 32.3 Å². The molecule has 1 aliphatic rings. The van der Waals surface area contributed by atoms with E-state index in [1.165, 1.54) is 5.56 Å². The largest absolute Gasteiger partial charge is 0.383 e. The standard InChI is InChI=1S/C14H22N2O2S/c1-11(2)8-10-19(17,18)16-13-7-3-5-12-6-4-9-15-14(12)13/h3,5,7,11,15-16H,4,6,8-10H2,1-2H3. The molecule has 0 saturated heterocycles. The monoisotopic (exact) mass is 282 g/mol. The van der Waals surface area contributed by atoms with Gasteiger partial charge in [0.05, 0.1) is 17.1 Å². The van der Waals surface area contributed by atoms with Gasteiger partial charge in [0.25, 0.3) is 0 Å². The van der Waals surface area contributed by atoms with E-state index >= 15 is 0 Å². The fourth-order valence-corrected chi connectivity index (χ4v) is 3.59. The van der Waals surface area contributed by atoms with Crippen molar-refractivity contribution in [2.24, 2.45) is 5.92 Å². The number of fused-ring (bicyclic) bond motifs is 1. The maximum atomic E-state index is 12.1. The minimum Gasteiger partial charge on any atom is -0.383 e. The van der Waals surface area contributed by atoms with Gasteiger partial charge in [0.1, 0.15) is 0 Å². The van der Waals surface area contributed by atoms with Crippen LogP contribution in [-0.2, 0) is 16.4 Å². The zero-order valence-corrected chi connectivity index (χ0v) is 12.4. The number of para-hydroxylation sites is 1. The molecule has 2 rings (SSSR count). The summed E-state index contributed by atoms with van der Waals surface area (Å²) in [4.78, 5) is 0. The highest BCUT2D eigenvalue weighted by Gasteiger charge is 2.17. The molecule has 0 amide bonds. The van der Waals surface area contributed by atoms with Crippen LogP contribution in [0.5, 0.6) is 0 Å². The van der Waals surface area contributed by atoms with E-state index < -0.39 is 10.0 Å². The Morgan fingerprint density at radius 2 is 2.16 bits per heavy atom. The highest BCUT2D eigenvalue weighted by atomic mass is 32.2. The Bertz CT molecular complexity index is 538. The Hall–Kier alpha value is -1.23. The molecule has 1 aromatic carbocycles. The second-order valence-electron chi connectivity index (χ2n) is 5.47. The first-order valence-corrected chi connectivity index (χ1v) is 8.49. The average molecular weight is 282 g/mol. The maximum Gasteiger partial charge on any atom is 0.232 e. The van der Waals surface area contributed by atoms with Crippen LogP contribution in [0.15, 0.2) is 18.2 Å². The first-order valence-electron chi connectivity index (χ1n) is 6.84. The Labute approximate surface area is 115 Å². The summed E-state index contributed by atoms with van der Waals surface area (Å²) in [5.41, 5.74) is 2.82. The number of benzene rings is 1. The first-order chi connectivity index (χ1) is 8.98. The Balaban J connectivity index is 2.15. The van der Waals surface area contributed by atoms with Crippen LogP contribution in [0.25, 0.3) is 0 Å². The summed E-state index contributed by atoms with van der Waals surface area (Å²) in [6.07, 6.45) is 2.78. The van der Waals surface area contributed by atoms with E-state index in [1.807, 2.05) is 32.0 Å². The van der Waals surface area contributed by atoms with Gasteiger partial charge in [-0.15, -0.1) is 0 Å². The molecule has 1 heterocycles. The fourth-order valence-electron chi connectivity index (χ4n) is 2.20. The van der Waals surface area contributed by atoms with Crippen molar-refractivity contribution in [2.45, 2.75) is 33.1 Å². The van der Waals surface area contributed by atoms with Crippen molar-refractivity contribution in [3.05, 3.63) is 23.8 Å². The van der Waals surface area contributed by atoms with Crippen molar-refractivity contribution in [3.63, 3.8) is 0 Å². The Kier molecular flexibility index (Phi) is 4.34. The van der Waals surface area contributed by atoms with E-state index in [9.17, 15) is 8.42 Å². The molecule has 4 nitrogen and oxygen atoms in total. The number of nitrogens with one attached hydrogen (secondary N) is 2. The number of anilines is 2. The van der Waals surface area contributed by atoms with E-state index in [4.69, 9.17) is 0 Å². The molecule has 0 aliphatic carbocycles. The van der Waals surface area contributed by atoms with Crippen LogP contribution >= 0.6 is 0 Å². The highest BCUT2D eigenvalue weighted by molar-refractivity contribution is 7.92. The highest BCUT2D eigenvalue weighted by Crippen LogP contribution is 2.30. The summed E-state index contributed by atoms with van der Waals surface area (Å²) < 4.78 is 26.8. The predicted molar refractivity (Wildman–Crippen MR) is 80.1 cm³/mol. The van der Waals surface area contributed by atoms with Crippen LogP contribution < -0.4 is 10.0 Å². The van der Waals surface area contributed by atoms with E-state index in [0.29, 0.717) is 18.0 Å². The van der Waals surface area contributed by atoms with E-state index in [0.717, 1.165) is 25.1 Å². The maximum absolute atomic E-state index is 12.1. The topological polar surface area (TPSA) is 58.2 Å². The van der Waals surface area contributed by atoms with Crippen molar-refractivity contribution >= 4 is 21.4 Å². The normalized spacial score (nSPS) is 14.9. The van der Waals surface area contributed by atoms with Crippen molar-refractivity contribution in [3.8, 4) is 0 Å². The molecule has 0 unspecified atom stereocenters.